The smallest absolute Gasteiger partial charge is 0.164 e. The molecule has 0 aliphatic carbocycles. The molecular formula is C14H18N4O3. The zero-order valence-corrected chi connectivity index (χ0v) is 12.2. The van der Waals surface area contributed by atoms with Crippen LogP contribution >= 0.6 is 0 Å². The maximum absolute atomic E-state index is 5.68. The van der Waals surface area contributed by atoms with E-state index in [0.717, 1.165) is 5.56 Å². The molecule has 2 aromatic rings. The van der Waals surface area contributed by atoms with Crippen molar-refractivity contribution in [3.63, 3.8) is 0 Å². The lowest BCUT2D eigenvalue weighted by molar-refractivity contribution is 0.346. The zero-order valence-electron chi connectivity index (χ0n) is 12.2. The molecule has 0 fully saturated rings. The van der Waals surface area contributed by atoms with Gasteiger partial charge in [0.05, 0.1) is 39.3 Å². The Morgan fingerprint density at radius 1 is 1.00 bits per heavy atom. The Morgan fingerprint density at radius 3 is 2.19 bits per heavy atom. The Bertz CT molecular complexity index is 592. The van der Waals surface area contributed by atoms with Gasteiger partial charge >= 0.3 is 0 Å². The van der Waals surface area contributed by atoms with E-state index in [1.54, 1.807) is 52.1 Å². The van der Waals surface area contributed by atoms with Gasteiger partial charge in [-0.2, -0.15) is 0 Å². The predicted octanol–water partition coefficient (Wildman–Crippen LogP) is 1.06. The molecular weight excluding hydrogens is 272 g/mol. The molecule has 0 saturated carbocycles. The Hall–Kier alpha value is -2.38. The molecule has 0 amide bonds. The number of hydrazine groups is 1. The predicted molar refractivity (Wildman–Crippen MR) is 77.3 cm³/mol. The van der Waals surface area contributed by atoms with E-state index in [0.29, 0.717) is 22.9 Å². The summed E-state index contributed by atoms with van der Waals surface area (Å²) in [5.74, 6) is 7.45. The second-order valence-corrected chi connectivity index (χ2v) is 4.18. The standard InChI is InChI=1S/C14H18N4O3/c1-19-11-7-13(21-3)12(20-2)6-9(11)14(18-15)10-8-16-4-5-17-10/h4-8,14,18H,15H2,1-3H3. The normalized spacial score (nSPS) is 11.8. The lowest BCUT2D eigenvalue weighted by Crippen LogP contribution is -2.30. The topological polar surface area (TPSA) is 91.5 Å². The molecule has 1 atom stereocenters. The fourth-order valence-corrected chi connectivity index (χ4v) is 2.07. The molecule has 112 valence electrons. The van der Waals surface area contributed by atoms with Crippen molar-refractivity contribution in [1.82, 2.24) is 15.4 Å². The summed E-state index contributed by atoms with van der Waals surface area (Å²) in [4.78, 5) is 8.32. The van der Waals surface area contributed by atoms with Crippen LogP contribution in [0.2, 0.25) is 0 Å². The van der Waals surface area contributed by atoms with Crippen molar-refractivity contribution in [3.05, 3.63) is 42.0 Å². The summed E-state index contributed by atoms with van der Waals surface area (Å²) < 4.78 is 16.0. The summed E-state index contributed by atoms with van der Waals surface area (Å²) in [5.41, 5.74) is 4.17. The number of methoxy groups -OCH3 is 3. The summed E-state index contributed by atoms with van der Waals surface area (Å²) in [7, 11) is 4.72. The second kappa shape index (κ2) is 6.87. The average Bonchev–Trinajstić information content (AvgIpc) is 2.56. The molecule has 1 unspecified atom stereocenters. The van der Waals surface area contributed by atoms with E-state index in [4.69, 9.17) is 20.1 Å². The molecule has 0 bridgehead atoms. The first-order chi connectivity index (χ1) is 10.2. The number of nitrogens with zero attached hydrogens (tertiary/aromatic N) is 2. The monoisotopic (exact) mass is 290 g/mol. The number of hydrogen-bond donors (Lipinski definition) is 2. The van der Waals surface area contributed by atoms with Crippen LogP contribution in [0.3, 0.4) is 0 Å². The SMILES string of the molecule is COc1cc(OC)c(C(NN)c2cnccn2)cc1OC. The van der Waals surface area contributed by atoms with Crippen molar-refractivity contribution in [3.8, 4) is 17.2 Å². The Labute approximate surface area is 123 Å². The number of nitrogens with one attached hydrogen (secondary N) is 1. The van der Waals surface area contributed by atoms with Gasteiger partial charge in [-0.15, -0.1) is 0 Å². The molecule has 7 heteroatoms. The highest BCUT2D eigenvalue weighted by atomic mass is 16.5. The quantitative estimate of drug-likeness (QED) is 0.607. The molecule has 3 N–H and O–H groups in total. The molecule has 0 aliphatic rings. The van der Waals surface area contributed by atoms with Crippen molar-refractivity contribution in [2.45, 2.75) is 6.04 Å². The minimum atomic E-state index is -0.381. The Balaban J connectivity index is 2.54. The van der Waals surface area contributed by atoms with E-state index in [2.05, 4.69) is 15.4 Å². The molecule has 1 heterocycles. The number of hydrogen-bond acceptors (Lipinski definition) is 7. The lowest BCUT2D eigenvalue weighted by Gasteiger charge is -2.20. The number of aromatic nitrogens is 2. The van der Waals surface area contributed by atoms with E-state index in [1.807, 2.05) is 0 Å². The van der Waals surface area contributed by atoms with Crippen LogP contribution in [-0.4, -0.2) is 31.3 Å². The maximum Gasteiger partial charge on any atom is 0.164 e. The van der Waals surface area contributed by atoms with Gasteiger partial charge in [-0.1, -0.05) is 0 Å². The number of nitrogens with two attached hydrogens (primary N) is 1. The van der Waals surface area contributed by atoms with Crippen molar-refractivity contribution < 1.29 is 14.2 Å². The first-order valence-electron chi connectivity index (χ1n) is 6.27. The first kappa shape index (κ1) is 15.0. The summed E-state index contributed by atoms with van der Waals surface area (Å²) in [5, 5.41) is 0. The Kier molecular flexibility index (Phi) is 4.91. The molecule has 0 saturated heterocycles. The second-order valence-electron chi connectivity index (χ2n) is 4.18. The third-order valence-electron chi connectivity index (χ3n) is 3.09. The van der Waals surface area contributed by atoms with Crippen molar-refractivity contribution in [2.24, 2.45) is 5.84 Å². The van der Waals surface area contributed by atoms with Crippen LogP contribution in [-0.2, 0) is 0 Å². The molecule has 1 aromatic carbocycles. The highest BCUT2D eigenvalue weighted by Crippen LogP contribution is 2.38. The van der Waals surface area contributed by atoms with Gasteiger partial charge in [0.2, 0.25) is 0 Å². The number of ether oxygens (including phenoxy) is 3. The summed E-state index contributed by atoms with van der Waals surface area (Å²) in [6, 6.07) is 3.17. The van der Waals surface area contributed by atoms with Crippen LogP contribution < -0.4 is 25.5 Å². The van der Waals surface area contributed by atoms with Crippen LogP contribution in [0.15, 0.2) is 30.7 Å². The highest BCUT2D eigenvalue weighted by Gasteiger charge is 2.21. The molecule has 21 heavy (non-hydrogen) atoms. The highest BCUT2D eigenvalue weighted by molar-refractivity contribution is 5.53. The van der Waals surface area contributed by atoms with Gasteiger partial charge in [0.15, 0.2) is 11.5 Å². The van der Waals surface area contributed by atoms with E-state index < -0.39 is 0 Å². The summed E-state index contributed by atoms with van der Waals surface area (Å²) >= 11 is 0. The van der Waals surface area contributed by atoms with Gasteiger partial charge in [-0.3, -0.25) is 15.8 Å². The van der Waals surface area contributed by atoms with Crippen LogP contribution in [0, 0.1) is 0 Å². The van der Waals surface area contributed by atoms with Gasteiger partial charge in [0, 0.05) is 24.0 Å². The van der Waals surface area contributed by atoms with Gasteiger partial charge in [0.25, 0.3) is 0 Å². The number of rotatable bonds is 6. The third kappa shape index (κ3) is 3.04. The van der Waals surface area contributed by atoms with Crippen molar-refractivity contribution in [1.29, 1.82) is 0 Å². The molecule has 0 radical (unpaired) electrons. The zero-order chi connectivity index (χ0) is 15.2. The van der Waals surface area contributed by atoms with Crippen LogP contribution in [0.1, 0.15) is 17.3 Å². The van der Waals surface area contributed by atoms with Crippen molar-refractivity contribution >= 4 is 0 Å². The van der Waals surface area contributed by atoms with Gasteiger partial charge in [-0.25, -0.2) is 5.43 Å². The van der Waals surface area contributed by atoms with E-state index >= 15 is 0 Å². The minimum Gasteiger partial charge on any atom is -0.496 e. The average molecular weight is 290 g/mol. The molecule has 0 aliphatic heterocycles. The largest absolute Gasteiger partial charge is 0.496 e. The van der Waals surface area contributed by atoms with Crippen LogP contribution in [0.4, 0.5) is 0 Å². The minimum absolute atomic E-state index is 0.381. The molecule has 0 spiro atoms. The van der Waals surface area contributed by atoms with E-state index in [1.165, 1.54) is 0 Å². The Morgan fingerprint density at radius 2 is 1.67 bits per heavy atom. The van der Waals surface area contributed by atoms with E-state index in [9.17, 15) is 0 Å². The van der Waals surface area contributed by atoms with Gasteiger partial charge in [0.1, 0.15) is 5.75 Å². The fraction of sp³-hybridized carbons (Fsp3) is 0.286. The molecule has 1 aromatic heterocycles. The van der Waals surface area contributed by atoms with Gasteiger partial charge in [-0.05, 0) is 6.07 Å². The number of benzene rings is 1. The molecule has 7 nitrogen and oxygen atoms in total. The summed E-state index contributed by atoms with van der Waals surface area (Å²) in [6.45, 7) is 0. The lowest BCUT2D eigenvalue weighted by atomic mass is 10.0. The first-order valence-corrected chi connectivity index (χ1v) is 6.27. The third-order valence-corrected chi connectivity index (χ3v) is 3.09. The van der Waals surface area contributed by atoms with Gasteiger partial charge < -0.3 is 14.2 Å². The van der Waals surface area contributed by atoms with E-state index in [-0.39, 0.29) is 6.04 Å². The summed E-state index contributed by atoms with van der Waals surface area (Å²) in [6.07, 6.45) is 4.84. The maximum atomic E-state index is 5.68. The molecule has 2 rings (SSSR count). The fourth-order valence-electron chi connectivity index (χ4n) is 2.07. The van der Waals surface area contributed by atoms with Crippen LogP contribution in [0.5, 0.6) is 17.2 Å². The van der Waals surface area contributed by atoms with Crippen molar-refractivity contribution in [2.75, 3.05) is 21.3 Å². The van der Waals surface area contributed by atoms with Crippen LogP contribution in [0.25, 0.3) is 0 Å².